The Labute approximate surface area is 170 Å². The Morgan fingerprint density at radius 2 is 1.90 bits per heavy atom. The van der Waals surface area contributed by atoms with Crippen molar-refractivity contribution < 1.29 is 18.3 Å². The number of ether oxygens (including phenoxy) is 2. The van der Waals surface area contributed by atoms with Crippen LogP contribution < -0.4 is 9.47 Å². The van der Waals surface area contributed by atoms with Gasteiger partial charge in [-0.1, -0.05) is 6.07 Å². The van der Waals surface area contributed by atoms with Crippen LogP contribution in [0, 0.1) is 11.6 Å². The second kappa shape index (κ2) is 7.01. The predicted molar refractivity (Wildman–Crippen MR) is 104 cm³/mol. The van der Waals surface area contributed by atoms with E-state index in [0.29, 0.717) is 28.3 Å². The molecule has 5 rings (SSSR count). The van der Waals surface area contributed by atoms with Gasteiger partial charge in [-0.2, -0.15) is 10.1 Å². The monoisotopic (exact) mass is 409 g/mol. The number of halogens is 2. The summed E-state index contributed by atoms with van der Waals surface area (Å²) in [5.74, 6) is -0.804. The molecule has 0 spiro atoms. The van der Waals surface area contributed by atoms with Crippen LogP contribution in [0.15, 0.2) is 42.7 Å². The van der Waals surface area contributed by atoms with Gasteiger partial charge in [0.25, 0.3) is 0 Å². The first kappa shape index (κ1) is 18.4. The lowest BCUT2D eigenvalue weighted by molar-refractivity contribution is 0.353. The van der Waals surface area contributed by atoms with Gasteiger partial charge in [0.05, 0.1) is 37.4 Å². The largest absolute Gasteiger partial charge is 0.480 e. The molecule has 0 bridgehead atoms. The van der Waals surface area contributed by atoms with E-state index < -0.39 is 11.6 Å². The SMILES string of the molecule is COc1ncc(-c2cc([C@H]3C[C@@H]3c3ccc(F)cc3F)n3nccc3n2)c(OC)n1. The Bertz CT molecular complexity index is 1260. The molecule has 1 aliphatic rings. The van der Waals surface area contributed by atoms with Gasteiger partial charge in [0, 0.05) is 24.2 Å². The zero-order valence-corrected chi connectivity index (χ0v) is 16.2. The molecular weight excluding hydrogens is 392 g/mol. The van der Waals surface area contributed by atoms with Crippen LogP contribution in [-0.2, 0) is 0 Å². The van der Waals surface area contributed by atoms with Crippen molar-refractivity contribution in [2.45, 2.75) is 18.3 Å². The summed E-state index contributed by atoms with van der Waals surface area (Å²) in [4.78, 5) is 13.0. The molecule has 1 aromatic carbocycles. The van der Waals surface area contributed by atoms with Crippen molar-refractivity contribution in [3.63, 3.8) is 0 Å². The maximum Gasteiger partial charge on any atom is 0.319 e. The van der Waals surface area contributed by atoms with Gasteiger partial charge in [-0.25, -0.2) is 23.3 Å². The first-order valence-corrected chi connectivity index (χ1v) is 9.34. The van der Waals surface area contributed by atoms with Gasteiger partial charge in [-0.3, -0.25) is 0 Å². The van der Waals surface area contributed by atoms with Crippen molar-refractivity contribution in [2.24, 2.45) is 0 Å². The van der Waals surface area contributed by atoms with Gasteiger partial charge >= 0.3 is 6.01 Å². The predicted octanol–water partition coefficient (Wildman–Crippen LogP) is 3.75. The fourth-order valence-electron chi connectivity index (χ4n) is 3.79. The third-order valence-electron chi connectivity index (χ3n) is 5.30. The van der Waals surface area contributed by atoms with Crippen LogP contribution in [0.3, 0.4) is 0 Å². The average Bonchev–Trinajstić information content (AvgIpc) is 3.39. The molecule has 0 saturated heterocycles. The van der Waals surface area contributed by atoms with Crippen LogP contribution in [0.1, 0.15) is 29.5 Å². The molecule has 0 aliphatic heterocycles. The van der Waals surface area contributed by atoms with Crippen LogP contribution in [0.25, 0.3) is 16.9 Å². The molecular formula is C21H17F2N5O2. The van der Waals surface area contributed by atoms with E-state index in [1.807, 2.05) is 6.07 Å². The quantitative estimate of drug-likeness (QED) is 0.500. The van der Waals surface area contributed by atoms with Crippen LogP contribution in [0.2, 0.25) is 0 Å². The summed E-state index contributed by atoms with van der Waals surface area (Å²) in [7, 11) is 2.99. The lowest BCUT2D eigenvalue weighted by atomic mass is 10.1. The minimum absolute atomic E-state index is 0.0271. The fraction of sp³-hybridized carbons (Fsp3) is 0.238. The Kier molecular flexibility index (Phi) is 4.30. The standard InChI is InChI=1S/C21H17F2N5O2/c1-29-20-15(10-24-21(27-20)30-2)17-9-18(28-19(26-17)5-6-25-28)14-8-13(14)12-4-3-11(22)7-16(12)23/h3-7,9-10,13-14H,8H2,1-2H3/t13-,14+/m1/s1. The summed E-state index contributed by atoms with van der Waals surface area (Å²) in [6, 6.07) is 7.59. The maximum atomic E-state index is 14.3. The molecule has 152 valence electrons. The Hall–Kier alpha value is -3.62. The van der Waals surface area contributed by atoms with E-state index in [1.54, 1.807) is 23.0 Å². The van der Waals surface area contributed by atoms with Crippen LogP contribution in [0.5, 0.6) is 11.9 Å². The number of methoxy groups -OCH3 is 2. The minimum atomic E-state index is -0.583. The number of aromatic nitrogens is 5. The Morgan fingerprint density at radius 3 is 2.67 bits per heavy atom. The van der Waals surface area contributed by atoms with Crippen LogP contribution in [-0.4, -0.2) is 38.8 Å². The molecule has 1 saturated carbocycles. The highest BCUT2D eigenvalue weighted by molar-refractivity contribution is 5.67. The number of hydrogen-bond acceptors (Lipinski definition) is 6. The Balaban J connectivity index is 1.58. The maximum absolute atomic E-state index is 14.3. The smallest absolute Gasteiger partial charge is 0.319 e. The second-order valence-corrected chi connectivity index (χ2v) is 7.06. The van der Waals surface area contributed by atoms with Crippen molar-refractivity contribution >= 4 is 5.65 Å². The highest BCUT2D eigenvalue weighted by Gasteiger charge is 2.43. The van der Waals surface area contributed by atoms with Gasteiger partial charge in [0.2, 0.25) is 5.88 Å². The molecule has 9 heteroatoms. The van der Waals surface area contributed by atoms with Crippen molar-refractivity contribution in [3.8, 4) is 23.1 Å². The lowest BCUT2D eigenvalue weighted by Gasteiger charge is -2.11. The molecule has 30 heavy (non-hydrogen) atoms. The van der Waals surface area contributed by atoms with E-state index in [-0.39, 0.29) is 17.8 Å². The van der Waals surface area contributed by atoms with Gasteiger partial charge < -0.3 is 9.47 Å². The molecule has 0 N–H and O–H groups in total. The van der Waals surface area contributed by atoms with E-state index >= 15 is 0 Å². The highest BCUT2D eigenvalue weighted by atomic mass is 19.1. The normalized spacial score (nSPS) is 17.9. The zero-order chi connectivity index (χ0) is 20.8. The molecule has 7 nitrogen and oxygen atoms in total. The molecule has 2 atom stereocenters. The number of rotatable bonds is 5. The first-order chi connectivity index (χ1) is 14.6. The molecule has 0 radical (unpaired) electrons. The van der Waals surface area contributed by atoms with Crippen molar-refractivity contribution in [1.29, 1.82) is 0 Å². The fourth-order valence-corrected chi connectivity index (χ4v) is 3.79. The minimum Gasteiger partial charge on any atom is -0.480 e. The molecule has 1 aliphatic carbocycles. The zero-order valence-electron chi connectivity index (χ0n) is 16.2. The number of hydrogen-bond donors (Lipinski definition) is 0. The van der Waals surface area contributed by atoms with E-state index in [0.717, 1.165) is 18.2 Å². The average molecular weight is 409 g/mol. The third kappa shape index (κ3) is 3.02. The number of nitrogens with zero attached hydrogens (tertiary/aromatic N) is 5. The summed E-state index contributed by atoms with van der Waals surface area (Å²) in [5.41, 5.74) is 3.25. The molecule has 0 amide bonds. The van der Waals surface area contributed by atoms with Crippen molar-refractivity contribution in [3.05, 3.63) is 65.6 Å². The van der Waals surface area contributed by atoms with Gasteiger partial charge in [0.15, 0.2) is 5.65 Å². The highest BCUT2D eigenvalue weighted by Crippen LogP contribution is 2.55. The van der Waals surface area contributed by atoms with Crippen LogP contribution >= 0.6 is 0 Å². The first-order valence-electron chi connectivity index (χ1n) is 9.34. The van der Waals surface area contributed by atoms with Gasteiger partial charge in [-0.05, 0) is 30.0 Å². The summed E-state index contributed by atoms with van der Waals surface area (Å²) in [6.07, 6.45) is 3.98. The summed E-state index contributed by atoms with van der Waals surface area (Å²) < 4.78 is 39.8. The van der Waals surface area contributed by atoms with Crippen molar-refractivity contribution in [2.75, 3.05) is 14.2 Å². The van der Waals surface area contributed by atoms with Gasteiger partial charge in [-0.15, -0.1) is 0 Å². The van der Waals surface area contributed by atoms with Gasteiger partial charge in [0.1, 0.15) is 11.6 Å². The van der Waals surface area contributed by atoms with E-state index in [9.17, 15) is 8.78 Å². The molecule has 1 fully saturated rings. The van der Waals surface area contributed by atoms with E-state index in [1.165, 1.54) is 26.4 Å². The number of benzene rings is 1. The molecule has 0 unspecified atom stereocenters. The summed E-state index contributed by atoms with van der Waals surface area (Å²) in [6.45, 7) is 0. The van der Waals surface area contributed by atoms with E-state index in [2.05, 4.69) is 20.1 Å². The van der Waals surface area contributed by atoms with Crippen LogP contribution in [0.4, 0.5) is 8.78 Å². The summed E-state index contributed by atoms with van der Waals surface area (Å²) >= 11 is 0. The summed E-state index contributed by atoms with van der Waals surface area (Å²) in [5, 5.41) is 4.37. The number of fused-ring (bicyclic) bond motifs is 1. The molecule has 3 aromatic heterocycles. The third-order valence-corrected chi connectivity index (χ3v) is 5.30. The topological polar surface area (TPSA) is 74.4 Å². The van der Waals surface area contributed by atoms with E-state index in [4.69, 9.17) is 9.47 Å². The lowest BCUT2D eigenvalue weighted by Crippen LogP contribution is -2.04. The second-order valence-electron chi connectivity index (χ2n) is 7.06. The Morgan fingerprint density at radius 1 is 1.03 bits per heavy atom. The molecule has 3 heterocycles. The molecule has 4 aromatic rings. The van der Waals surface area contributed by atoms with Crippen molar-refractivity contribution in [1.82, 2.24) is 24.6 Å².